The minimum Gasteiger partial charge on any atom is -0.491 e. The molecular weight excluding hydrogens is 536 g/mol. The molecule has 3 saturated heterocycles. The molecule has 3 unspecified atom stereocenters. The Morgan fingerprint density at radius 1 is 0.561 bits per heavy atom. The van der Waals surface area contributed by atoms with Crippen molar-refractivity contribution in [3.05, 3.63) is 101 Å². The van der Waals surface area contributed by atoms with E-state index in [9.17, 15) is 0 Å². The number of epoxide rings is 3. The van der Waals surface area contributed by atoms with Gasteiger partial charge in [0.15, 0.2) is 0 Å². The van der Waals surface area contributed by atoms with Gasteiger partial charge in [-0.3, -0.25) is 0 Å². The van der Waals surface area contributed by atoms with Crippen LogP contribution in [0, 0.1) is 0 Å². The SMILES string of the molecule is c1ccc2c(c1)-c1ccc(OCC3CO3)cc1C21c2cc(OCC3CO3)ccc2Sc2ccc(OCC3CO3)cc21. The molecular formula is C34H28O6S. The van der Waals surface area contributed by atoms with Gasteiger partial charge in [0.05, 0.1) is 25.2 Å². The predicted octanol–water partition coefficient (Wildman–Crippen LogP) is 5.85. The molecule has 0 saturated carbocycles. The van der Waals surface area contributed by atoms with Crippen LogP contribution in [0.4, 0.5) is 0 Å². The van der Waals surface area contributed by atoms with Crippen LogP contribution in [-0.2, 0) is 19.6 Å². The van der Waals surface area contributed by atoms with Crippen molar-refractivity contribution in [2.24, 2.45) is 0 Å². The molecule has 9 rings (SSSR count). The summed E-state index contributed by atoms with van der Waals surface area (Å²) in [6, 6.07) is 28.3. The molecule has 1 spiro atoms. The molecule has 0 amide bonds. The Kier molecular flexibility index (Phi) is 5.45. The van der Waals surface area contributed by atoms with E-state index in [2.05, 4.69) is 78.9 Å². The number of fused-ring (bicyclic) bond motifs is 9. The van der Waals surface area contributed by atoms with Gasteiger partial charge >= 0.3 is 0 Å². The molecule has 7 heteroatoms. The summed E-state index contributed by atoms with van der Waals surface area (Å²) in [4.78, 5) is 2.43. The van der Waals surface area contributed by atoms with E-state index in [1.54, 1.807) is 11.8 Å². The van der Waals surface area contributed by atoms with Crippen LogP contribution in [0.3, 0.4) is 0 Å². The van der Waals surface area contributed by atoms with E-state index in [1.807, 2.05) is 0 Å². The Morgan fingerprint density at radius 3 is 1.56 bits per heavy atom. The predicted molar refractivity (Wildman–Crippen MR) is 154 cm³/mol. The lowest BCUT2D eigenvalue weighted by atomic mass is 9.67. The van der Waals surface area contributed by atoms with Crippen molar-refractivity contribution < 1.29 is 28.4 Å². The zero-order valence-corrected chi connectivity index (χ0v) is 23.2. The number of rotatable bonds is 9. The van der Waals surface area contributed by atoms with Crippen LogP contribution in [0.25, 0.3) is 11.1 Å². The molecule has 4 aliphatic heterocycles. The first kappa shape index (κ1) is 24.1. The maximum Gasteiger partial charge on any atom is 0.119 e. The summed E-state index contributed by atoms with van der Waals surface area (Å²) >= 11 is 1.80. The quantitative estimate of drug-likeness (QED) is 0.204. The van der Waals surface area contributed by atoms with Gasteiger partial charge in [0.25, 0.3) is 0 Å². The third-order valence-electron chi connectivity index (χ3n) is 8.46. The topological polar surface area (TPSA) is 65.3 Å². The lowest BCUT2D eigenvalue weighted by molar-refractivity contribution is 0.262. The van der Waals surface area contributed by atoms with Gasteiger partial charge < -0.3 is 28.4 Å². The molecule has 1 aliphatic carbocycles. The highest BCUT2D eigenvalue weighted by molar-refractivity contribution is 7.99. The van der Waals surface area contributed by atoms with E-state index in [0.717, 1.165) is 37.1 Å². The molecule has 4 heterocycles. The second-order valence-corrected chi connectivity index (χ2v) is 12.3. The number of benzene rings is 4. The van der Waals surface area contributed by atoms with E-state index in [4.69, 9.17) is 28.4 Å². The van der Waals surface area contributed by atoms with Crippen molar-refractivity contribution in [1.82, 2.24) is 0 Å². The monoisotopic (exact) mass is 564 g/mol. The zero-order valence-electron chi connectivity index (χ0n) is 22.3. The van der Waals surface area contributed by atoms with E-state index < -0.39 is 5.41 Å². The largest absolute Gasteiger partial charge is 0.491 e. The molecule has 6 nitrogen and oxygen atoms in total. The summed E-state index contributed by atoms with van der Waals surface area (Å²) in [6.45, 7) is 3.98. The van der Waals surface area contributed by atoms with Crippen molar-refractivity contribution in [2.45, 2.75) is 33.5 Å². The van der Waals surface area contributed by atoms with Gasteiger partial charge in [-0.05, 0) is 81.9 Å². The second kappa shape index (κ2) is 9.26. The van der Waals surface area contributed by atoms with Gasteiger partial charge in [0, 0.05) is 9.79 Å². The van der Waals surface area contributed by atoms with Crippen LogP contribution >= 0.6 is 11.8 Å². The highest BCUT2D eigenvalue weighted by Gasteiger charge is 2.51. The molecule has 206 valence electrons. The van der Waals surface area contributed by atoms with Crippen LogP contribution in [-0.4, -0.2) is 58.0 Å². The summed E-state index contributed by atoms with van der Waals surface area (Å²) in [5.41, 5.74) is 6.77. The standard InChI is InChI=1S/C34H28O6S/c1-2-4-28-26(3-1)27-8-5-20(35-14-23-17-38-23)11-29(27)34(28)30-12-21(36-15-24-18-39-24)6-9-32(30)41-33-10-7-22(13-31(33)34)37-16-25-19-40-25/h1-13,23-25H,14-19H2. The Labute approximate surface area is 242 Å². The normalized spacial score (nSPS) is 25.5. The molecule has 0 radical (unpaired) electrons. The van der Waals surface area contributed by atoms with Crippen LogP contribution in [0.2, 0.25) is 0 Å². The number of hydrogen-bond donors (Lipinski definition) is 0. The van der Waals surface area contributed by atoms with Crippen LogP contribution in [0.1, 0.15) is 22.3 Å². The molecule has 4 aromatic rings. The Bertz CT molecular complexity index is 1610. The average molecular weight is 565 g/mol. The van der Waals surface area contributed by atoms with Crippen molar-refractivity contribution in [1.29, 1.82) is 0 Å². The Hall–Kier alpha value is -3.49. The third-order valence-corrected chi connectivity index (χ3v) is 9.61. The molecule has 3 fully saturated rings. The maximum atomic E-state index is 6.25. The third kappa shape index (κ3) is 4.14. The van der Waals surface area contributed by atoms with Gasteiger partial charge in [0.1, 0.15) is 55.4 Å². The minimum atomic E-state index is -0.567. The van der Waals surface area contributed by atoms with Gasteiger partial charge in [-0.2, -0.15) is 0 Å². The Morgan fingerprint density at radius 2 is 1.02 bits per heavy atom. The maximum absolute atomic E-state index is 6.25. The average Bonchev–Trinajstić information content (AvgIpc) is 3.86. The van der Waals surface area contributed by atoms with Gasteiger partial charge in [0.2, 0.25) is 0 Å². The highest BCUT2D eigenvalue weighted by Crippen LogP contribution is 2.63. The summed E-state index contributed by atoms with van der Waals surface area (Å²) in [6.07, 6.45) is 0.564. The summed E-state index contributed by atoms with van der Waals surface area (Å²) in [7, 11) is 0. The molecule has 41 heavy (non-hydrogen) atoms. The summed E-state index contributed by atoms with van der Waals surface area (Å²) in [5, 5.41) is 0. The zero-order chi connectivity index (χ0) is 27.0. The summed E-state index contributed by atoms with van der Waals surface area (Å²) in [5.74, 6) is 2.56. The minimum absolute atomic E-state index is 0.187. The van der Waals surface area contributed by atoms with Gasteiger partial charge in [-0.1, -0.05) is 42.1 Å². The lowest BCUT2D eigenvalue weighted by Gasteiger charge is -2.40. The second-order valence-electron chi connectivity index (χ2n) is 11.2. The van der Waals surface area contributed by atoms with Crippen LogP contribution < -0.4 is 14.2 Å². The highest BCUT2D eigenvalue weighted by atomic mass is 32.2. The molecule has 3 atom stereocenters. The van der Waals surface area contributed by atoms with Gasteiger partial charge in [-0.15, -0.1) is 0 Å². The van der Waals surface area contributed by atoms with Crippen molar-refractivity contribution in [3.63, 3.8) is 0 Å². The van der Waals surface area contributed by atoms with E-state index in [-0.39, 0.29) is 18.3 Å². The first-order valence-electron chi connectivity index (χ1n) is 14.2. The Balaban J connectivity index is 1.26. The van der Waals surface area contributed by atoms with E-state index in [0.29, 0.717) is 19.8 Å². The van der Waals surface area contributed by atoms with Crippen molar-refractivity contribution in [3.8, 4) is 28.4 Å². The van der Waals surface area contributed by atoms with Crippen LogP contribution in [0.5, 0.6) is 17.2 Å². The van der Waals surface area contributed by atoms with E-state index >= 15 is 0 Å². The van der Waals surface area contributed by atoms with Crippen LogP contribution in [0.15, 0.2) is 88.7 Å². The van der Waals surface area contributed by atoms with E-state index in [1.165, 1.54) is 43.2 Å². The fraction of sp³-hybridized carbons (Fsp3) is 0.294. The van der Waals surface area contributed by atoms with Crippen molar-refractivity contribution >= 4 is 11.8 Å². The first-order chi connectivity index (χ1) is 20.3. The van der Waals surface area contributed by atoms with Crippen molar-refractivity contribution in [2.75, 3.05) is 39.6 Å². The number of hydrogen-bond acceptors (Lipinski definition) is 7. The number of ether oxygens (including phenoxy) is 6. The molecule has 0 aromatic heterocycles. The fourth-order valence-corrected chi connectivity index (χ4v) is 7.37. The smallest absolute Gasteiger partial charge is 0.119 e. The molecule has 4 aromatic carbocycles. The molecule has 5 aliphatic rings. The molecule has 0 N–H and O–H groups in total. The summed E-state index contributed by atoms with van der Waals surface area (Å²) < 4.78 is 35.0. The fourth-order valence-electron chi connectivity index (χ4n) is 6.21. The molecule has 0 bridgehead atoms. The first-order valence-corrected chi connectivity index (χ1v) is 15.0. The lowest BCUT2D eigenvalue weighted by Crippen LogP contribution is -2.32. The van der Waals surface area contributed by atoms with Gasteiger partial charge in [-0.25, -0.2) is 0 Å².